The van der Waals surface area contributed by atoms with Crippen LogP contribution in [0.1, 0.15) is 11.4 Å². The van der Waals surface area contributed by atoms with Crippen molar-refractivity contribution in [3.8, 4) is 0 Å². The minimum Gasteiger partial charge on any atom is -0.281 e. The number of anilines is 1. The van der Waals surface area contributed by atoms with Crippen LogP contribution in [0.25, 0.3) is 0 Å². The van der Waals surface area contributed by atoms with Crippen LogP contribution in [-0.2, 0) is 10.0 Å². The number of aromatic amines is 1. The molecule has 0 fully saturated rings. The van der Waals surface area contributed by atoms with Gasteiger partial charge in [-0.15, -0.1) is 0 Å². The topological polar surface area (TPSA) is 74.8 Å². The van der Waals surface area contributed by atoms with Crippen molar-refractivity contribution in [1.29, 1.82) is 0 Å². The first-order chi connectivity index (χ1) is 9.22. The van der Waals surface area contributed by atoms with E-state index in [1.54, 1.807) is 13.8 Å². The zero-order valence-electron chi connectivity index (χ0n) is 10.5. The van der Waals surface area contributed by atoms with Gasteiger partial charge in [0.25, 0.3) is 10.0 Å². The third kappa shape index (κ3) is 2.74. The maximum atomic E-state index is 13.3. The van der Waals surface area contributed by atoms with E-state index in [-0.39, 0.29) is 20.6 Å². The van der Waals surface area contributed by atoms with E-state index < -0.39 is 15.8 Å². The molecule has 9 heteroatoms. The molecule has 1 heterocycles. The number of nitrogens with zero attached hydrogens (tertiary/aromatic N) is 1. The number of aromatic nitrogens is 2. The van der Waals surface area contributed by atoms with E-state index in [0.717, 1.165) is 12.1 Å². The Hall–Kier alpha value is -1.31. The van der Waals surface area contributed by atoms with Gasteiger partial charge in [0.05, 0.1) is 27.1 Å². The van der Waals surface area contributed by atoms with Crippen molar-refractivity contribution in [3.05, 3.63) is 39.4 Å². The summed E-state index contributed by atoms with van der Waals surface area (Å²) >= 11 is 11.2. The summed E-state index contributed by atoms with van der Waals surface area (Å²) in [5.41, 5.74) is 0.796. The van der Waals surface area contributed by atoms with Gasteiger partial charge in [0.15, 0.2) is 5.82 Å². The Morgan fingerprint density at radius 1 is 1.25 bits per heavy atom. The fourth-order valence-electron chi connectivity index (χ4n) is 1.76. The molecule has 0 aliphatic heterocycles. The molecule has 2 aromatic rings. The van der Waals surface area contributed by atoms with Crippen molar-refractivity contribution in [2.24, 2.45) is 0 Å². The lowest BCUT2D eigenvalue weighted by atomic mass is 10.3. The maximum absolute atomic E-state index is 13.3. The minimum absolute atomic E-state index is 0.0362. The summed E-state index contributed by atoms with van der Waals surface area (Å²) in [5.74, 6) is -0.799. The molecule has 0 aliphatic rings. The Kier molecular flexibility index (Phi) is 3.95. The molecule has 0 spiro atoms. The molecule has 5 nitrogen and oxygen atoms in total. The highest BCUT2D eigenvalue weighted by atomic mass is 35.5. The van der Waals surface area contributed by atoms with Gasteiger partial charge in [0.2, 0.25) is 0 Å². The number of aryl methyl sites for hydroxylation is 2. The summed E-state index contributed by atoms with van der Waals surface area (Å²) in [6.45, 7) is 3.14. The van der Waals surface area contributed by atoms with Crippen LogP contribution in [0.2, 0.25) is 10.0 Å². The van der Waals surface area contributed by atoms with Crippen LogP contribution < -0.4 is 4.72 Å². The van der Waals surface area contributed by atoms with Crippen molar-refractivity contribution in [3.63, 3.8) is 0 Å². The van der Waals surface area contributed by atoms with Crippen LogP contribution in [0.15, 0.2) is 17.0 Å². The highest BCUT2D eigenvalue weighted by Gasteiger charge is 2.23. The SMILES string of the molecule is Cc1n[nH]c(C)c1S(=O)(=O)Nc1cc(Cl)c(F)c(Cl)c1. The number of hydrogen-bond donors (Lipinski definition) is 2. The van der Waals surface area contributed by atoms with Crippen LogP contribution in [0.5, 0.6) is 0 Å². The van der Waals surface area contributed by atoms with Crippen molar-refractivity contribution in [1.82, 2.24) is 10.2 Å². The molecule has 0 atom stereocenters. The predicted octanol–water partition coefficient (Wildman–Crippen LogP) is 3.27. The smallest absolute Gasteiger partial charge is 0.265 e. The second-order valence-corrected chi connectivity index (χ2v) is 6.56. The molecule has 0 aliphatic carbocycles. The summed E-state index contributed by atoms with van der Waals surface area (Å²) < 4.78 is 40.1. The third-order valence-electron chi connectivity index (χ3n) is 2.57. The van der Waals surface area contributed by atoms with E-state index in [1.807, 2.05) is 0 Å². The summed E-state index contributed by atoms with van der Waals surface area (Å²) in [6.07, 6.45) is 0. The Morgan fingerprint density at radius 3 is 2.25 bits per heavy atom. The number of H-pyrrole nitrogens is 1. The minimum atomic E-state index is -3.86. The van der Waals surface area contributed by atoms with E-state index in [0.29, 0.717) is 11.4 Å². The molecule has 0 unspecified atom stereocenters. The normalized spacial score (nSPS) is 11.7. The van der Waals surface area contributed by atoms with Crippen molar-refractivity contribution in [2.75, 3.05) is 4.72 Å². The van der Waals surface area contributed by atoms with Gasteiger partial charge in [-0.25, -0.2) is 12.8 Å². The monoisotopic (exact) mass is 337 g/mol. The first kappa shape index (κ1) is 15.1. The van der Waals surface area contributed by atoms with Gasteiger partial charge >= 0.3 is 0 Å². The maximum Gasteiger partial charge on any atom is 0.265 e. The van der Waals surface area contributed by atoms with E-state index >= 15 is 0 Å². The molecule has 2 rings (SSSR count). The average Bonchev–Trinajstić information content (AvgIpc) is 2.66. The second kappa shape index (κ2) is 5.23. The quantitative estimate of drug-likeness (QED) is 0.844. The molecule has 20 heavy (non-hydrogen) atoms. The molecule has 1 aromatic heterocycles. The third-order valence-corrected chi connectivity index (χ3v) is 4.76. The molecule has 1 aromatic carbocycles. The van der Waals surface area contributed by atoms with Gasteiger partial charge in [-0.2, -0.15) is 5.10 Å². The van der Waals surface area contributed by atoms with Crippen LogP contribution in [0.3, 0.4) is 0 Å². The Labute approximate surface area is 125 Å². The van der Waals surface area contributed by atoms with Crippen LogP contribution in [-0.4, -0.2) is 18.6 Å². The lowest BCUT2D eigenvalue weighted by Crippen LogP contribution is -2.14. The predicted molar refractivity (Wildman–Crippen MR) is 75.3 cm³/mol. The Balaban J connectivity index is 2.44. The number of sulfonamides is 1. The summed E-state index contributed by atoms with van der Waals surface area (Å²) in [7, 11) is -3.86. The fraction of sp³-hybridized carbons (Fsp3) is 0.182. The van der Waals surface area contributed by atoms with Crippen LogP contribution in [0, 0.1) is 19.7 Å². The zero-order valence-corrected chi connectivity index (χ0v) is 12.8. The summed E-state index contributed by atoms with van der Waals surface area (Å²) in [6, 6.07) is 2.29. The zero-order chi connectivity index (χ0) is 15.1. The molecule has 0 saturated carbocycles. The standard InChI is InChI=1S/C11H10Cl2FN3O2S/c1-5-11(6(2)16-15-5)20(18,19)17-7-3-8(12)10(14)9(13)4-7/h3-4,17H,1-2H3,(H,15,16). The van der Waals surface area contributed by atoms with Gasteiger partial charge in [-0.05, 0) is 26.0 Å². The number of halogens is 3. The van der Waals surface area contributed by atoms with Gasteiger partial charge in [0, 0.05) is 0 Å². The van der Waals surface area contributed by atoms with Crippen molar-refractivity contribution in [2.45, 2.75) is 18.7 Å². The van der Waals surface area contributed by atoms with E-state index in [1.165, 1.54) is 0 Å². The fourth-order valence-corrected chi connectivity index (χ4v) is 3.66. The van der Waals surface area contributed by atoms with Crippen LogP contribution >= 0.6 is 23.2 Å². The van der Waals surface area contributed by atoms with E-state index in [4.69, 9.17) is 23.2 Å². The van der Waals surface area contributed by atoms with Crippen molar-refractivity contribution >= 4 is 38.9 Å². The number of benzene rings is 1. The van der Waals surface area contributed by atoms with Gasteiger partial charge in [-0.1, -0.05) is 23.2 Å². The Morgan fingerprint density at radius 2 is 1.80 bits per heavy atom. The molecular formula is C11H10Cl2FN3O2S. The number of rotatable bonds is 3. The molecule has 108 valence electrons. The molecule has 0 radical (unpaired) electrons. The average molecular weight is 338 g/mol. The van der Waals surface area contributed by atoms with E-state index in [2.05, 4.69) is 14.9 Å². The molecule has 0 saturated heterocycles. The second-order valence-electron chi connectivity index (χ2n) is 4.12. The van der Waals surface area contributed by atoms with E-state index in [9.17, 15) is 12.8 Å². The van der Waals surface area contributed by atoms with Gasteiger partial charge < -0.3 is 0 Å². The lowest BCUT2D eigenvalue weighted by molar-refractivity contribution is 0.600. The highest BCUT2D eigenvalue weighted by Crippen LogP contribution is 2.29. The molecule has 0 bridgehead atoms. The van der Waals surface area contributed by atoms with Gasteiger partial charge in [0.1, 0.15) is 4.90 Å². The number of nitrogens with one attached hydrogen (secondary N) is 2. The molecular weight excluding hydrogens is 328 g/mol. The Bertz CT molecular complexity index is 731. The first-order valence-corrected chi connectivity index (χ1v) is 7.65. The summed E-state index contributed by atoms with van der Waals surface area (Å²) in [5, 5.41) is 5.86. The van der Waals surface area contributed by atoms with Crippen molar-refractivity contribution < 1.29 is 12.8 Å². The van der Waals surface area contributed by atoms with Crippen LogP contribution in [0.4, 0.5) is 10.1 Å². The lowest BCUT2D eigenvalue weighted by Gasteiger charge is -2.09. The first-order valence-electron chi connectivity index (χ1n) is 5.41. The highest BCUT2D eigenvalue weighted by molar-refractivity contribution is 7.92. The molecule has 2 N–H and O–H groups in total. The largest absolute Gasteiger partial charge is 0.281 e. The molecule has 0 amide bonds. The van der Waals surface area contributed by atoms with Gasteiger partial charge in [-0.3, -0.25) is 9.82 Å². The number of hydrogen-bond acceptors (Lipinski definition) is 3. The summed E-state index contributed by atoms with van der Waals surface area (Å²) in [4.78, 5) is 0.0362.